The summed E-state index contributed by atoms with van der Waals surface area (Å²) in [5.74, 6) is 1.10. The Kier molecular flexibility index (Phi) is 3.68. The summed E-state index contributed by atoms with van der Waals surface area (Å²) in [6, 6.07) is 7.02. The molecule has 3 rings (SSSR count). The predicted molar refractivity (Wildman–Crippen MR) is 73.8 cm³/mol. The Labute approximate surface area is 120 Å². The Morgan fingerprint density at radius 1 is 1.33 bits per heavy atom. The first-order valence-corrected chi connectivity index (χ1v) is 6.42. The lowest BCUT2D eigenvalue weighted by molar-refractivity contribution is 0.0949. The molecule has 2 N–H and O–H groups in total. The maximum absolute atomic E-state index is 12.0. The van der Waals surface area contributed by atoms with Crippen molar-refractivity contribution in [3.63, 3.8) is 0 Å². The zero-order valence-corrected chi connectivity index (χ0v) is 11.1. The number of nitrogens with zero attached hydrogens (tertiary/aromatic N) is 5. The molecular formula is C13H13N7O. The molecule has 3 aromatic rings. The van der Waals surface area contributed by atoms with Gasteiger partial charge in [0, 0.05) is 25.4 Å². The zero-order chi connectivity index (χ0) is 14.5. The van der Waals surface area contributed by atoms with Crippen molar-refractivity contribution in [2.24, 2.45) is 0 Å². The second-order valence-electron chi connectivity index (χ2n) is 4.27. The molecule has 0 aromatic carbocycles. The van der Waals surface area contributed by atoms with Gasteiger partial charge in [-0.05, 0) is 18.2 Å². The zero-order valence-electron chi connectivity index (χ0n) is 11.1. The van der Waals surface area contributed by atoms with Gasteiger partial charge in [-0.15, -0.1) is 0 Å². The lowest BCUT2D eigenvalue weighted by Crippen LogP contribution is -2.27. The van der Waals surface area contributed by atoms with E-state index in [-0.39, 0.29) is 5.91 Å². The lowest BCUT2D eigenvalue weighted by Gasteiger charge is -2.05. The molecule has 0 unspecified atom stereocenters. The van der Waals surface area contributed by atoms with E-state index in [2.05, 4.69) is 30.6 Å². The van der Waals surface area contributed by atoms with Gasteiger partial charge in [0.05, 0.1) is 0 Å². The van der Waals surface area contributed by atoms with E-state index < -0.39 is 0 Å². The van der Waals surface area contributed by atoms with Gasteiger partial charge >= 0.3 is 0 Å². The number of hydrogen-bond acceptors (Lipinski definition) is 5. The third kappa shape index (κ3) is 3.11. The molecule has 0 saturated carbocycles. The van der Waals surface area contributed by atoms with E-state index in [1.54, 1.807) is 41.3 Å². The number of aromatic nitrogens is 6. The molecule has 8 heteroatoms. The largest absolute Gasteiger partial charge is 0.350 e. The summed E-state index contributed by atoms with van der Waals surface area (Å²) >= 11 is 0. The number of carbonyl (C=O) groups excluding carboxylic acids is 1. The Morgan fingerprint density at radius 2 is 2.29 bits per heavy atom. The molecule has 0 bridgehead atoms. The standard InChI is InChI=1S/C13H13N7O/c21-13(14-7-5-11-15-9-16-19-11)10-3-1-4-12(18-10)20-8-2-6-17-20/h1-4,6,8-9H,5,7H2,(H,14,21)(H,15,16,19). The first-order valence-electron chi connectivity index (χ1n) is 6.42. The van der Waals surface area contributed by atoms with E-state index in [9.17, 15) is 4.79 Å². The first-order chi connectivity index (χ1) is 10.3. The van der Waals surface area contributed by atoms with Crippen LogP contribution in [0, 0.1) is 0 Å². The van der Waals surface area contributed by atoms with Gasteiger partial charge < -0.3 is 5.32 Å². The molecule has 0 aliphatic heterocycles. The van der Waals surface area contributed by atoms with Gasteiger partial charge in [0.15, 0.2) is 5.82 Å². The third-order valence-electron chi connectivity index (χ3n) is 2.82. The van der Waals surface area contributed by atoms with Gasteiger partial charge in [-0.1, -0.05) is 6.07 Å². The smallest absolute Gasteiger partial charge is 0.269 e. The van der Waals surface area contributed by atoms with E-state index in [0.717, 1.165) is 5.82 Å². The van der Waals surface area contributed by atoms with Crippen molar-refractivity contribution in [2.45, 2.75) is 6.42 Å². The maximum Gasteiger partial charge on any atom is 0.269 e. The van der Waals surface area contributed by atoms with Crippen LogP contribution in [0.1, 0.15) is 16.3 Å². The van der Waals surface area contributed by atoms with Crippen molar-refractivity contribution in [1.29, 1.82) is 0 Å². The Morgan fingerprint density at radius 3 is 3.05 bits per heavy atom. The summed E-state index contributed by atoms with van der Waals surface area (Å²) < 4.78 is 1.60. The van der Waals surface area contributed by atoms with Gasteiger partial charge in [0.2, 0.25) is 0 Å². The first kappa shape index (κ1) is 13.0. The molecule has 21 heavy (non-hydrogen) atoms. The average Bonchev–Trinajstić information content (AvgIpc) is 3.21. The fourth-order valence-corrected chi connectivity index (χ4v) is 1.82. The van der Waals surface area contributed by atoms with Crippen LogP contribution in [0.4, 0.5) is 0 Å². The topological polar surface area (TPSA) is 101 Å². The highest BCUT2D eigenvalue weighted by Crippen LogP contribution is 2.04. The average molecular weight is 283 g/mol. The van der Waals surface area contributed by atoms with Crippen molar-refractivity contribution >= 4 is 5.91 Å². The van der Waals surface area contributed by atoms with Crippen molar-refractivity contribution in [3.05, 3.63) is 54.5 Å². The van der Waals surface area contributed by atoms with Gasteiger partial charge in [-0.2, -0.15) is 10.2 Å². The van der Waals surface area contributed by atoms with Gasteiger partial charge in [-0.3, -0.25) is 9.89 Å². The number of carbonyl (C=O) groups is 1. The Balaban J connectivity index is 1.63. The van der Waals surface area contributed by atoms with Crippen LogP contribution in [0.15, 0.2) is 43.0 Å². The maximum atomic E-state index is 12.0. The third-order valence-corrected chi connectivity index (χ3v) is 2.82. The molecule has 106 valence electrons. The van der Waals surface area contributed by atoms with Crippen LogP contribution in [0.5, 0.6) is 0 Å². The number of hydrogen-bond donors (Lipinski definition) is 2. The summed E-state index contributed by atoms with van der Waals surface area (Å²) in [5.41, 5.74) is 0.348. The molecule has 3 heterocycles. The van der Waals surface area contributed by atoms with Gasteiger partial charge in [-0.25, -0.2) is 14.6 Å². The van der Waals surface area contributed by atoms with Crippen LogP contribution >= 0.6 is 0 Å². The minimum Gasteiger partial charge on any atom is -0.350 e. The molecular weight excluding hydrogens is 270 g/mol. The molecule has 0 radical (unpaired) electrons. The SMILES string of the molecule is O=C(NCCc1ncn[nH]1)c1cccc(-n2cccn2)n1. The number of nitrogens with one attached hydrogen (secondary N) is 2. The number of aromatic amines is 1. The fourth-order valence-electron chi connectivity index (χ4n) is 1.82. The van der Waals surface area contributed by atoms with Crippen molar-refractivity contribution in [2.75, 3.05) is 6.54 Å². The highest BCUT2D eigenvalue weighted by Gasteiger charge is 2.08. The highest BCUT2D eigenvalue weighted by molar-refractivity contribution is 5.92. The van der Waals surface area contributed by atoms with Crippen LogP contribution < -0.4 is 5.32 Å². The van der Waals surface area contributed by atoms with Crippen molar-refractivity contribution in [1.82, 2.24) is 35.3 Å². The summed E-state index contributed by atoms with van der Waals surface area (Å²) in [7, 11) is 0. The van der Waals surface area contributed by atoms with E-state index in [1.165, 1.54) is 6.33 Å². The minimum absolute atomic E-state index is 0.233. The Hall–Kier alpha value is -3.03. The quantitative estimate of drug-likeness (QED) is 0.704. The normalized spacial score (nSPS) is 10.5. The number of pyridine rings is 1. The molecule has 0 saturated heterocycles. The second-order valence-corrected chi connectivity index (χ2v) is 4.27. The lowest BCUT2D eigenvalue weighted by atomic mass is 10.3. The van der Waals surface area contributed by atoms with Gasteiger partial charge in [0.1, 0.15) is 17.8 Å². The summed E-state index contributed by atoms with van der Waals surface area (Å²) in [6.07, 6.45) is 5.45. The number of amides is 1. The van der Waals surface area contributed by atoms with E-state index in [4.69, 9.17) is 0 Å². The minimum atomic E-state index is -0.233. The summed E-state index contributed by atoms with van der Waals surface area (Å²) in [5, 5.41) is 13.4. The fraction of sp³-hybridized carbons (Fsp3) is 0.154. The van der Waals surface area contributed by atoms with Crippen LogP contribution in [-0.4, -0.2) is 42.4 Å². The highest BCUT2D eigenvalue weighted by atomic mass is 16.1. The molecule has 0 aliphatic rings. The monoisotopic (exact) mass is 283 g/mol. The number of H-pyrrole nitrogens is 1. The molecule has 8 nitrogen and oxygen atoms in total. The second kappa shape index (κ2) is 5.95. The van der Waals surface area contributed by atoms with Crippen LogP contribution in [-0.2, 0) is 6.42 Å². The van der Waals surface area contributed by atoms with Crippen LogP contribution in [0.25, 0.3) is 5.82 Å². The summed E-state index contributed by atoms with van der Waals surface area (Å²) in [6.45, 7) is 0.460. The Bertz CT molecular complexity index is 706. The number of rotatable bonds is 5. The van der Waals surface area contributed by atoms with Crippen LogP contribution in [0.3, 0.4) is 0 Å². The molecule has 0 spiro atoms. The molecule has 3 aromatic heterocycles. The van der Waals surface area contributed by atoms with E-state index in [0.29, 0.717) is 24.5 Å². The van der Waals surface area contributed by atoms with Crippen molar-refractivity contribution in [3.8, 4) is 5.82 Å². The molecule has 1 amide bonds. The van der Waals surface area contributed by atoms with Crippen molar-refractivity contribution < 1.29 is 4.79 Å². The molecule has 0 aliphatic carbocycles. The summed E-state index contributed by atoms with van der Waals surface area (Å²) in [4.78, 5) is 20.3. The predicted octanol–water partition coefficient (Wildman–Crippen LogP) is 0.358. The van der Waals surface area contributed by atoms with E-state index in [1.807, 2.05) is 0 Å². The molecule has 0 atom stereocenters. The van der Waals surface area contributed by atoms with Gasteiger partial charge in [0.25, 0.3) is 5.91 Å². The molecule has 0 fully saturated rings. The van der Waals surface area contributed by atoms with Crippen LogP contribution in [0.2, 0.25) is 0 Å². The van der Waals surface area contributed by atoms with E-state index >= 15 is 0 Å².